The zero-order valence-corrected chi connectivity index (χ0v) is 9.32. The maximum absolute atomic E-state index is 8.30. The average Bonchev–Trinajstić information content (AvgIpc) is 1.84. The predicted molar refractivity (Wildman–Crippen MR) is 42.8 cm³/mol. The molecule has 0 radical (unpaired) electrons. The molecule has 0 aliphatic carbocycles. The van der Waals surface area contributed by atoms with Crippen LogP contribution >= 0.6 is 11.6 Å². The molecule has 66 valence electrons. The van der Waals surface area contributed by atoms with Gasteiger partial charge in [0.15, 0.2) is 0 Å². The number of hydrogen-bond donors (Lipinski definition) is 0. The van der Waals surface area contributed by atoms with Crippen molar-refractivity contribution in [1.29, 1.82) is 5.26 Å². The largest absolute Gasteiger partial charge is 1.00 e. The van der Waals surface area contributed by atoms with Crippen molar-refractivity contribution >= 4 is 11.6 Å². The maximum atomic E-state index is 8.30. The minimum Gasteiger partial charge on any atom is -1.00 e. The number of hydrogen-bond acceptors (Lipinski definition) is 1. The fraction of sp³-hybridized carbons (Fsp3) is 0.857. The maximum Gasteiger partial charge on any atom is 0.0920 e. The van der Waals surface area contributed by atoms with Crippen molar-refractivity contribution < 1.29 is 21.5 Å². The molecule has 0 saturated heterocycles. The van der Waals surface area contributed by atoms with Gasteiger partial charge < -0.3 is 21.5 Å². The molecule has 0 spiro atoms. The van der Waals surface area contributed by atoms with Gasteiger partial charge in [0.05, 0.1) is 45.6 Å². The quantitative estimate of drug-likeness (QED) is 0.422. The normalized spacial score (nSPS) is 10.0. The molecule has 0 aliphatic heterocycles. The summed E-state index contributed by atoms with van der Waals surface area (Å²) in [7, 11) is 4.17. The minimum absolute atomic E-state index is 0. The predicted octanol–water partition coefficient (Wildman–Crippen LogP) is -1.78. The molecular formula is C7H14BrClN2. The van der Waals surface area contributed by atoms with Crippen LogP contribution in [0.1, 0.15) is 6.42 Å². The molecule has 0 rings (SSSR count). The lowest BCUT2D eigenvalue weighted by Crippen LogP contribution is -3.00. The molecule has 0 saturated carbocycles. The Morgan fingerprint density at radius 3 is 2.27 bits per heavy atom. The Hall–Kier alpha value is 0.220. The van der Waals surface area contributed by atoms with Crippen molar-refractivity contribution in [3.63, 3.8) is 0 Å². The summed E-state index contributed by atoms with van der Waals surface area (Å²) in [6.07, 6.45) is 0.615. The highest BCUT2D eigenvalue weighted by Gasteiger charge is 2.12. The van der Waals surface area contributed by atoms with Crippen molar-refractivity contribution in [3.8, 4) is 6.07 Å². The van der Waals surface area contributed by atoms with Gasteiger partial charge in [-0.2, -0.15) is 5.26 Å². The Kier molecular flexibility index (Phi) is 8.65. The number of nitrogens with zero attached hydrogens (tertiary/aromatic N) is 2. The van der Waals surface area contributed by atoms with Gasteiger partial charge in [-0.15, -0.1) is 11.6 Å². The Morgan fingerprint density at radius 2 is 1.91 bits per heavy atom. The Bertz CT molecular complexity index is 131. The van der Waals surface area contributed by atoms with E-state index in [2.05, 4.69) is 20.2 Å². The van der Waals surface area contributed by atoms with E-state index >= 15 is 0 Å². The average molecular weight is 242 g/mol. The molecule has 0 bridgehead atoms. The van der Waals surface area contributed by atoms with E-state index in [1.165, 1.54) is 0 Å². The monoisotopic (exact) mass is 240 g/mol. The van der Waals surface area contributed by atoms with Crippen LogP contribution in [0.2, 0.25) is 0 Å². The number of alkyl halides is 1. The van der Waals surface area contributed by atoms with E-state index in [1.54, 1.807) is 0 Å². The minimum atomic E-state index is 0. The highest BCUT2D eigenvalue weighted by atomic mass is 79.9. The van der Waals surface area contributed by atoms with Crippen molar-refractivity contribution in [1.82, 2.24) is 0 Å². The number of rotatable bonds is 4. The van der Waals surface area contributed by atoms with Gasteiger partial charge in [-0.1, -0.05) is 0 Å². The third-order valence-corrected chi connectivity index (χ3v) is 1.69. The van der Waals surface area contributed by atoms with Crippen LogP contribution in [0.3, 0.4) is 0 Å². The molecule has 0 unspecified atom stereocenters. The first-order valence-corrected chi connectivity index (χ1v) is 3.91. The summed E-state index contributed by atoms with van der Waals surface area (Å²) in [4.78, 5) is 0. The van der Waals surface area contributed by atoms with E-state index < -0.39 is 0 Å². The Balaban J connectivity index is 0. The van der Waals surface area contributed by atoms with E-state index in [0.29, 0.717) is 12.3 Å². The number of halogens is 2. The molecule has 0 N–H and O–H groups in total. The van der Waals surface area contributed by atoms with E-state index in [9.17, 15) is 0 Å². The summed E-state index contributed by atoms with van der Waals surface area (Å²) in [6.45, 7) is 1.83. The van der Waals surface area contributed by atoms with Crippen LogP contribution in [-0.2, 0) is 0 Å². The lowest BCUT2D eigenvalue weighted by atomic mass is 10.4. The molecule has 0 aromatic rings. The van der Waals surface area contributed by atoms with Gasteiger partial charge in [0, 0.05) is 0 Å². The van der Waals surface area contributed by atoms with E-state index in [0.717, 1.165) is 17.6 Å². The summed E-state index contributed by atoms with van der Waals surface area (Å²) in [6, 6.07) is 2.12. The first-order valence-electron chi connectivity index (χ1n) is 3.37. The first-order chi connectivity index (χ1) is 4.62. The lowest BCUT2D eigenvalue weighted by molar-refractivity contribution is -0.887. The second-order valence-corrected chi connectivity index (χ2v) is 3.36. The second kappa shape index (κ2) is 6.90. The number of nitriles is 1. The van der Waals surface area contributed by atoms with Gasteiger partial charge in [0.1, 0.15) is 0 Å². The van der Waals surface area contributed by atoms with Crippen LogP contribution < -0.4 is 17.0 Å². The van der Waals surface area contributed by atoms with Crippen LogP contribution in [0.15, 0.2) is 0 Å². The van der Waals surface area contributed by atoms with Gasteiger partial charge in [-0.25, -0.2) is 0 Å². The standard InChI is InChI=1S/C7H14ClN2.BrH/c1-10(2,7-4-8)6-3-5-9;/h3-4,6-7H2,1-2H3;1H/q+1;/p-1. The zero-order valence-electron chi connectivity index (χ0n) is 6.98. The Morgan fingerprint density at radius 1 is 1.36 bits per heavy atom. The summed E-state index contributed by atoms with van der Waals surface area (Å²) in [5.41, 5.74) is 0. The van der Waals surface area contributed by atoms with E-state index in [-0.39, 0.29) is 17.0 Å². The highest BCUT2D eigenvalue weighted by molar-refractivity contribution is 6.17. The third-order valence-electron chi connectivity index (χ3n) is 1.52. The Labute approximate surface area is 84.1 Å². The molecule has 0 heterocycles. The fourth-order valence-electron chi connectivity index (χ4n) is 0.693. The first kappa shape index (κ1) is 13.8. The smallest absolute Gasteiger partial charge is 0.0920 e. The molecule has 0 aromatic carbocycles. The topological polar surface area (TPSA) is 23.8 Å². The van der Waals surface area contributed by atoms with Gasteiger partial charge in [-0.05, 0) is 0 Å². The van der Waals surface area contributed by atoms with Crippen molar-refractivity contribution in [2.24, 2.45) is 0 Å². The molecule has 4 heteroatoms. The van der Waals surface area contributed by atoms with Crippen LogP contribution in [0.25, 0.3) is 0 Å². The molecule has 2 nitrogen and oxygen atoms in total. The zero-order chi connectivity index (χ0) is 8.04. The van der Waals surface area contributed by atoms with Gasteiger partial charge in [0.25, 0.3) is 0 Å². The van der Waals surface area contributed by atoms with Crippen LogP contribution in [0.5, 0.6) is 0 Å². The summed E-state index contributed by atoms with van der Waals surface area (Å²) in [5, 5.41) is 8.30. The van der Waals surface area contributed by atoms with Gasteiger partial charge in [0.2, 0.25) is 0 Å². The van der Waals surface area contributed by atoms with Crippen LogP contribution in [-0.4, -0.2) is 37.5 Å². The summed E-state index contributed by atoms with van der Waals surface area (Å²) < 4.78 is 0.844. The fourth-order valence-corrected chi connectivity index (χ4v) is 1.15. The molecule has 0 atom stereocenters. The SMILES string of the molecule is C[N+](C)(CCCl)CCC#N.[Br-]. The molecule has 11 heavy (non-hydrogen) atoms. The van der Waals surface area contributed by atoms with Crippen molar-refractivity contribution in [2.75, 3.05) is 33.1 Å². The van der Waals surface area contributed by atoms with Gasteiger partial charge in [-0.3, -0.25) is 0 Å². The molecule has 0 aromatic heterocycles. The van der Waals surface area contributed by atoms with Crippen molar-refractivity contribution in [2.45, 2.75) is 6.42 Å². The lowest BCUT2D eigenvalue weighted by Gasteiger charge is -2.27. The van der Waals surface area contributed by atoms with E-state index in [1.807, 2.05) is 0 Å². The van der Waals surface area contributed by atoms with Crippen LogP contribution in [0, 0.1) is 11.3 Å². The third kappa shape index (κ3) is 8.12. The van der Waals surface area contributed by atoms with E-state index in [4.69, 9.17) is 16.9 Å². The number of quaternary nitrogens is 1. The summed E-state index contributed by atoms with van der Waals surface area (Å²) >= 11 is 5.57. The van der Waals surface area contributed by atoms with Crippen LogP contribution in [0.4, 0.5) is 0 Å². The molecule has 0 aliphatic rings. The molecule has 0 amide bonds. The second-order valence-electron chi connectivity index (χ2n) is 2.98. The summed E-state index contributed by atoms with van der Waals surface area (Å²) in [5.74, 6) is 0.665. The van der Waals surface area contributed by atoms with Gasteiger partial charge >= 0.3 is 0 Å². The highest BCUT2D eigenvalue weighted by Crippen LogP contribution is 1.98. The molecule has 0 fully saturated rings. The van der Waals surface area contributed by atoms with Crippen molar-refractivity contribution in [3.05, 3.63) is 0 Å². The molecular weight excluding hydrogens is 227 g/mol.